The molecule has 0 saturated heterocycles. The maximum Gasteiger partial charge on any atom is 0.329 e. The quantitative estimate of drug-likeness (QED) is 0.411. The minimum atomic E-state index is -0.467. The van der Waals surface area contributed by atoms with Gasteiger partial charge in [-0.3, -0.25) is 10.1 Å². The fourth-order valence-electron chi connectivity index (χ4n) is 1.57. The summed E-state index contributed by atoms with van der Waals surface area (Å²) >= 11 is 1.85. The Bertz CT molecular complexity index is 444. The van der Waals surface area contributed by atoms with Gasteiger partial charge in [0.05, 0.1) is 4.92 Å². The van der Waals surface area contributed by atoms with E-state index >= 15 is 0 Å². The molecule has 7 nitrogen and oxygen atoms in total. The van der Waals surface area contributed by atoms with E-state index in [4.69, 9.17) is 0 Å². The number of nitro groups is 1. The Kier molecular flexibility index (Phi) is 7.06. The predicted octanol–water partition coefficient (Wildman–Crippen LogP) is 2.76. The highest BCUT2D eigenvalue weighted by Crippen LogP contribution is 2.23. The molecular weight excluding hydrogens is 278 g/mol. The van der Waals surface area contributed by atoms with Crippen LogP contribution < -0.4 is 10.6 Å². The normalized spacial score (nSPS) is 11.9. The zero-order chi connectivity index (χ0) is 15.0. The Morgan fingerprint density at radius 2 is 2.25 bits per heavy atom. The number of aromatic nitrogens is 2. The zero-order valence-corrected chi connectivity index (χ0v) is 12.9. The van der Waals surface area contributed by atoms with Gasteiger partial charge >= 0.3 is 5.69 Å². The Balaban J connectivity index is 2.78. The van der Waals surface area contributed by atoms with Gasteiger partial charge in [0.2, 0.25) is 11.8 Å². The predicted molar refractivity (Wildman–Crippen MR) is 83.6 cm³/mol. The van der Waals surface area contributed by atoms with E-state index in [-0.39, 0.29) is 17.5 Å². The summed E-state index contributed by atoms with van der Waals surface area (Å²) in [5.41, 5.74) is -0.0957. The third kappa shape index (κ3) is 5.20. The SMILES string of the molecule is CCNc1ncc([N+](=O)[O-])c(NC(C)CCSCC)n1. The third-order valence-corrected chi connectivity index (χ3v) is 3.52. The number of hydrogen-bond acceptors (Lipinski definition) is 7. The summed E-state index contributed by atoms with van der Waals surface area (Å²) in [4.78, 5) is 18.6. The summed E-state index contributed by atoms with van der Waals surface area (Å²) in [6, 6.07) is 0.122. The van der Waals surface area contributed by atoms with Crippen molar-refractivity contribution in [1.82, 2.24) is 9.97 Å². The van der Waals surface area contributed by atoms with Crippen molar-refractivity contribution in [3.63, 3.8) is 0 Å². The van der Waals surface area contributed by atoms with E-state index in [0.29, 0.717) is 12.5 Å². The average Bonchev–Trinajstić information content (AvgIpc) is 2.39. The topological polar surface area (TPSA) is 93.0 Å². The van der Waals surface area contributed by atoms with Crippen LogP contribution >= 0.6 is 11.8 Å². The van der Waals surface area contributed by atoms with Crippen molar-refractivity contribution in [2.75, 3.05) is 28.7 Å². The Hall–Kier alpha value is -1.57. The second kappa shape index (κ2) is 8.57. The molecule has 112 valence electrons. The first-order chi connectivity index (χ1) is 9.58. The molecule has 1 aromatic rings. The van der Waals surface area contributed by atoms with E-state index < -0.39 is 4.92 Å². The highest BCUT2D eigenvalue weighted by atomic mass is 32.2. The number of anilines is 2. The van der Waals surface area contributed by atoms with Crippen molar-refractivity contribution >= 4 is 29.2 Å². The standard InChI is InChI=1S/C12H21N5O2S/c1-4-13-12-14-8-10(17(18)19)11(16-12)15-9(3)6-7-20-5-2/h8-9H,4-7H2,1-3H3,(H2,13,14,15,16). The average molecular weight is 299 g/mol. The fraction of sp³-hybridized carbons (Fsp3) is 0.667. The Morgan fingerprint density at radius 1 is 1.50 bits per heavy atom. The number of hydrogen-bond donors (Lipinski definition) is 2. The molecule has 1 rings (SSSR count). The molecule has 0 radical (unpaired) electrons. The first-order valence-corrected chi connectivity index (χ1v) is 7.83. The molecule has 0 bridgehead atoms. The molecule has 0 aromatic carbocycles. The summed E-state index contributed by atoms with van der Waals surface area (Å²) in [6.07, 6.45) is 2.16. The van der Waals surface area contributed by atoms with Gasteiger partial charge in [0.1, 0.15) is 6.20 Å². The van der Waals surface area contributed by atoms with Crippen LogP contribution in [0.25, 0.3) is 0 Å². The Labute approximate surface area is 123 Å². The molecule has 1 heterocycles. The van der Waals surface area contributed by atoms with Gasteiger partial charge in [-0.2, -0.15) is 16.7 Å². The number of rotatable bonds is 9. The lowest BCUT2D eigenvalue weighted by atomic mass is 10.2. The molecule has 20 heavy (non-hydrogen) atoms. The van der Waals surface area contributed by atoms with Crippen LogP contribution in [0.15, 0.2) is 6.20 Å². The summed E-state index contributed by atoms with van der Waals surface area (Å²) < 4.78 is 0. The monoisotopic (exact) mass is 299 g/mol. The first kappa shape index (κ1) is 16.5. The molecule has 0 saturated carbocycles. The number of nitrogens with one attached hydrogen (secondary N) is 2. The molecule has 0 amide bonds. The van der Waals surface area contributed by atoms with Crippen molar-refractivity contribution in [3.05, 3.63) is 16.3 Å². The van der Waals surface area contributed by atoms with E-state index in [1.54, 1.807) is 0 Å². The van der Waals surface area contributed by atoms with E-state index in [1.807, 2.05) is 25.6 Å². The van der Waals surface area contributed by atoms with Gasteiger partial charge in [0.25, 0.3) is 0 Å². The van der Waals surface area contributed by atoms with Crippen molar-refractivity contribution < 1.29 is 4.92 Å². The molecule has 1 aromatic heterocycles. The van der Waals surface area contributed by atoms with Crippen molar-refractivity contribution in [3.8, 4) is 0 Å². The second-order valence-electron chi connectivity index (χ2n) is 4.25. The molecule has 1 atom stereocenters. The van der Waals surface area contributed by atoms with Crippen LogP contribution in [0, 0.1) is 10.1 Å². The number of nitrogens with zero attached hydrogens (tertiary/aromatic N) is 3. The first-order valence-electron chi connectivity index (χ1n) is 6.68. The van der Waals surface area contributed by atoms with E-state index in [1.165, 1.54) is 6.20 Å². The maximum absolute atomic E-state index is 11.0. The lowest BCUT2D eigenvalue weighted by molar-refractivity contribution is -0.384. The number of thioether (sulfide) groups is 1. The van der Waals surface area contributed by atoms with Gasteiger partial charge in [0, 0.05) is 12.6 Å². The summed E-state index contributed by atoms with van der Waals surface area (Å²) in [5, 5.41) is 17.0. The minimum absolute atomic E-state index is 0.0957. The summed E-state index contributed by atoms with van der Waals surface area (Å²) in [5.74, 6) is 2.76. The van der Waals surface area contributed by atoms with Crippen LogP contribution in [0.5, 0.6) is 0 Å². The van der Waals surface area contributed by atoms with Gasteiger partial charge in [-0.1, -0.05) is 6.92 Å². The van der Waals surface area contributed by atoms with Crippen LogP contribution in [0.1, 0.15) is 27.2 Å². The molecule has 2 N–H and O–H groups in total. The van der Waals surface area contributed by atoms with Crippen LogP contribution in [0.4, 0.5) is 17.5 Å². The molecule has 0 aliphatic rings. The van der Waals surface area contributed by atoms with Gasteiger partial charge in [-0.15, -0.1) is 0 Å². The van der Waals surface area contributed by atoms with E-state index in [9.17, 15) is 10.1 Å². The smallest absolute Gasteiger partial charge is 0.329 e. The van der Waals surface area contributed by atoms with Crippen LogP contribution in [0.2, 0.25) is 0 Å². The maximum atomic E-state index is 11.0. The molecule has 0 aliphatic heterocycles. The van der Waals surface area contributed by atoms with Crippen LogP contribution in [0.3, 0.4) is 0 Å². The summed E-state index contributed by atoms with van der Waals surface area (Å²) in [6.45, 7) is 6.69. The zero-order valence-electron chi connectivity index (χ0n) is 12.0. The third-order valence-electron chi connectivity index (χ3n) is 2.58. The van der Waals surface area contributed by atoms with Gasteiger partial charge in [0.15, 0.2) is 0 Å². The van der Waals surface area contributed by atoms with Crippen molar-refractivity contribution in [1.29, 1.82) is 0 Å². The molecular formula is C12H21N5O2S. The molecule has 0 fully saturated rings. The molecule has 0 aliphatic carbocycles. The van der Waals surface area contributed by atoms with Gasteiger partial charge in [-0.25, -0.2) is 4.98 Å². The van der Waals surface area contributed by atoms with E-state index in [0.717, 1.165) is 17.9 Å². The molecule has 1 unspecified atom stereocenters. The van der Waals surface area contributed by atoms with Crippen LogP contribution in [-0.2, 0) is 0 Å². The second-order valence-corrected chi connectivity index (χ2v) is 5.64. The van der Waals surface area contributed by atoms with Crippen molar-refractivity contribution in [2.24, 2.45) is 0 Å². The van der Waals surface area contributed by atoms with Crippen LogP contribution in [-0.4, -0.2) is 39.0 Å². The van der Waals surface area contributed by atoms with Gasteiger partial charge in [-0.05, 0) is 31.8 Å². The Morgan fingerprint density at radius 3 is 2.85 bits per heavy atom. The van der Waals surface area contributed by atoms with E-state index in [2.05, 4.69) is 27.5 Å². The highest BCUT2D eigenvalue weighted by molar-refractivity contribution is 7.99. The largest absolute Gasteiger partial charge is 0.362 e. The molecule has 8 heteroatoms. The lowest BCUT2D eigenvalue weighted by Crippen LogP contribution is -2.18. The summed E-state index contributed by atoms with van der Waals surface area (Å²) in [7, 11) is 0. The van der Waals surface area contributed by atoms with Gasteiger partial charge < -0.3 is 10.6 Å². The lowest BCUT2D eigenvalue weighted by Gasteiger charge is -2.14. The molecule has 0 spiro atoms. The van der Waals surface area contributed by atoms with Crippen molar-refractivity contribution in [2.45, 2.75) is 33.2 Å². The fourth-order valence-corrected chi connectivity index (χ4v) is 2.38. The minimum Gasteiger partial charge on any atom is -0.362 e. The highest BCUT2D eigenvalue weighted by Gasteiger charge is 2.18.